The van der Waals surface area contributed by atoms with E-state index in [2.05, 4.69) is 20.9 Å². The number of para-hydroxylation sites is 1. The molecule has 7 nitrogen and oxygen atoms in total. The number of carbonyl (C=O) groups is 3. The molecule has 0 saturated carbocycles. The molecule has 2 aromatic rings. The van der Waals surface area contributed by atoms with Gasteiger partial charge in [0.15, 0.2) is 5.13 Å². The summed E-state index contributed by atoms with van der Waals surface area (Å²) in [4.78, 5) is 41.9. The molecule has 1 aromatic heterocycles. The monoisotopic (exact) mass is 344 g/mol. The molecule has 24 heavy (non-hydrogen) atoms. The van der Waals surface area contributed by atoms with Gasteiger partial charge in [-0.3, -0.25) is 14.4 Å². The van der Waals surface area contributed by atoms with Crippen molar-refractivity contribution in [2.45, 2.75) is 26.3 Å². The van der Waals surface area contributed by atoms with E-state index in [1.165, 1.54) is 11.3 Å². The van der Waals surface area contributed by atoms with Crippen molar-refractivity contribution in [3.63, 3.8) is 0 Å². The Kier molecular flexibility index (Phi) is 4.30. The summed E-state index contributed by atoms with van der Waals surface area (Å²) < 4.78 is 0. The fraction of sp³-hybridized carbons (Fsp3) is 0.250. The number of hydrogen-bond acceptors (Lipinski definition) is 5. The van der Waals surface area contributed by atoms with Crippen LogP contribution in [0.3, 0.4) is 0 Å². The lowest BCUT2D eigenvalue weighted by molar-refractivity contribution is -0.122. The van der Waals surface area contributed by atoms with E-state index in [1.807, 2.05) is 13.8 Å². The Hall–Kier alpha value is -2.74. The normalized spacial score (nSPS) is 16.7. The number of anilines is 2. The maximum absolute atomic E-state index is 12.2. The Morgan fingerprint density at radius 3 is 2.75 bits per heavy atom. The maximum atomic E-state index is 12.2. The Balaban J connectivity index is 1.70. The lowest BCUT2D eigenvalue weighted by Gasteiger charge is -2.13. The van der Waals surface area contributed by atoms with Gasteiger partial charge in [-0.2, -0.15) is 0 Å². The van der Waals surface area contributed by atoms with Crippen LogP contribution in [0.1, 0.15) is 27.3 Å². The quantitative estimate of drug-likeness (QED) is 0.791. The van der Waals surface area contributed by atoms with Crippen molar-refractivity contribution in [1.82, 2.24) is 10.3 Å². The number of amides is 3. The minimum Gasteiger partial charge on any atom is -0.340 e. The van der Waals surface area contributed by atoms with Crippen molar-refractivity contribution in [3.8, 4) is 0 Å². The van der Waals surface area contributed by atoms with Gasteiger partial charge in [0.2, 0.25) is 11.8 Å². The van der Waals surface area contributed by atoms with Crippen molar-refractivity contribution < 1.29 is 14.4 Å². The van der Waals surface area contributed by atoms with Crippen molar-refractivity contribution in [2.24, 2.45) is 0 Å². The summed E-state index contributed by atoms with van der Waals surface area (Å²) in [6.45, 7) is 3.77. The number of fused-ring (bicyclic) bond motifs is 1. The van der Waals surface area contributed by atoms with E-state index in [9.17, 15) is 14.4 Å². The second kappa shape index (κ2) is 6.40. The van der Waals surface area contributed by atoms with Gasteiger partial charge in [0, 0.05) is 4.88 Å². The van der Waals surface area contributed by atoms with Gasteiger partial charge in [-0.15, -0.1) is 11.3 Å². The lowest BCUT2D eigenvalue weighted by atomic mass is 10.1. The van der Waals surface area contributed by atoms with E-state index in [0.29, 0.717) is 16.4 Å². The highest BCUT2D eigenvalue weighted by Crippen LogP contribution is 2.22. The topological polar surface area (TPSA) is 100 Å². The van der Waals surface area contributed by atoms with E-state index >= 15 is 0 Å². The third kappa shape index (κ3) is 3.28. The smallest absolute Gasteiger partial charge is 0.254 e. The third-order valence-electron chi connectivity index (χ3n) is 3.72. The molecule has 1 aliphatic heterocycles. The number of rotatable bonds is 3. The van der Waals surface area contributed by atoms with E-state index < -0.39 is 11.9 Å². The van der Waals surface area contributed by atoms with Crippen LogP contribution in [-0.2, 0) is 9.59 Å². The number of nitrogens with one attached hydrogen (secondary N) is 3. The van der Waals surface area contributed by atoms with E-state index in [0.717, 1.165) is 10.6 Å². The summed E-state index contributed by atoms with van der Waals surface area (Å²) in [5.41, 5.74) is 1.67. The summed E-state index contributed by atoms with van der Waals surface area (Å²) in [7, 11) is 0. The van der Waals surface area contributed by atoms with Crippen LogP contribution >= 0.6 is 11.3 Å². The molecule has 1 aliphatic rings. The van der Waals surface area contributed by atoms with Gasteiger partial charge in [-0.25, -0.2) is 4.98 Å². The maximum Gasteiger partial charge on any atom is 0.254 e. The lowest BCUT2D eigenvalue weighted by Crippen LogP contribution is -2.43. The first-order valence-electron chi connectivity index (χ1n) is 7.38. The molecular formula is C16H16N4O3S. The van der Waals surface area contributed by atoms with Gasteiger partial charge in [-0.05, 0) is 26.0 Å². The highest BCUT2D eigenvalue weighted by molar-refractivity contribution is 7.15. The van der Waals surface area contributed by atoms with Crippen LogP contribution in [0.15, 0.2) is 24.3 Å². The SMILES string of the molecule is Cc1nc(NC(=O)C[C@@H]2NC(=O)c3ccccc3NC2=O)sc1C. The van der Waals surface area contributed by atoms with Gasteiger partial charge in [0.1, 0.15) is 6.04 Å². The van der Waals surface area contributed by atoms with Crippen molar-refractivity contribution in [3.05, 3.63) is 40.4 Å². The first-order chi connectivity index (χ1) is 11.4. The van der Waals surface area contributed by atoms with Crippen LogP contribution in [-0.4, -0.2) is 28.7 Å². The Bertz CT molecular complexity index is 811. The van der Waals surface area contributed by atoms with Gasteiger partial charge in [0.05, 0.1) is 23.4 Å². The Morgan fingerprint density at radius 2 is 2.04 bits per heavy atom. The third-order valence-corrected chi connectivity index (χ3v) is 4.70. The number of benzene rings is 1. The largest absolute Gasteiger partial charge is 0.340 e. The molecule has 3 amide bonds. The van der Waals surface area contributed by atoms with Crippen LogP contribution in [0.2, 0.25) is 0 Å². The summed E-state index contributed by atoms with van der Waals surface area (Å²) in [5.74, 6) is -1.19. The molecular weight excluding hydrogens is 328 g/mol. The Labute approximate surface area is 142 Å². The van der Waals surface area contributed by atoms with Crippen molar-refractivity contribution >= 4 is 39.9 Å². The minimum absolute atomic E-state index is 0.163. The standard InChI is InChI=1S/C16H16N4O3S/c1-8-9(2)24-16(17-8)20-13(21)7-12-15(23)18-11-6-4-3-5-10(11)14(22)19-12/h3-6,12H,7H2,1-2H3,(H,18,23)(H,19,22)(H,17,20,21)/t12-/m0/s1. The molecule has 0 bridgehead atoms. The van der Waals surface area contributed by atoms with Crippen LogP contribution < -0.4 is 16.0 Å². The second-order valence-electron chi connectivity index (χ2n) is 5.47. The molecule has 3 rings (SSSR count). The molecule has 0 aliphatic carbocycles. The van der Waals surface area contributed by atoms with Crippen LogP contribution in [0.5, 0.6) is 0 Å². The molecule has 1 aromatic carbocycles. The highest BCUT2D eigenvalue weighted by Gasteiger charge is 2.29. The molecule has 0 unspecified atom stereocenters. The number of carbonyl (C=O) groups excluding carboxylic acids is 3. The summed E-state index contributed by atoms with van der Waals surface area (Å²) in [6.07, 6.45) is -0.163. The number of aromatic nitrogens is 1. The molecule has 1 atom stereocenters. The van der Waals surface area contributed by atoms with E-state index in [-0.39, 0.29) is 18.2 Å². The van der Waals surface area contributed by atoms with Gasteiger partial charge in [0.25, 0.3) is 5.91 Å². The minimum atomic E-state index is -0.938. The van der Waals surface area contributed by atoms with Gasteiger partial charge >= 0.3 is 0 Å². The zero-order valence-electron chi connectivity index (χ0n) is 13.2. The molecule has 3 N–H and O–H groups in total. The molecule has 0 fully saturated rings. The first-order valence-corrected chi connectivity index (χ1v) is 8.20. The molecule has 2 heterocycles. The Morgan fingerprint density at radius 1 is 1.29 bits per heavy atom. The molecule has 124 valence electrons. The zero-order chi connectivity index (χ0) is 17.3. The van der Waals surface area contributed by atoms with Crippen molar-refractivity contribution in [2.75, 3.05) is 10.6 Å². The van der Waals surface area contributed by atoms with E-state index in [1.54, 1.807) is 24.3 Å². The van der Waals surface area contributed by atoms with Crippen molar-refractivity contribution in [1.29, 1.82) is 0 Å². The first kappa shape index (κ1) is 16.1. The average Bonchev–Trinajstić information content (AvgIpc) is 2.78. The highest BCUT2D eigenvalue weighted by atomic mass is 32.1. The number of hydrogen-bond donors (Lipinski definition) is 3. The second-order valence-corrected chi connectivity index (χ2v) is 6.68. The molecule has 0 saturated heterocycles. The van der Waals surface area contributed by atoms with Crippen LogP contribution in [0.4, 0.5) is 10.8 Å². The van der Waals surface area contributed by atoms with E-state index in [4.69, 9.17) is 0 Å². The summed E-state index contributed by atoms with van der Waals surface area (Å²) in [5, 5.41) is 8.41. The predicted octanol–water partition coefficient (Wildman–Crippen LogP) is 1.84. The molecule has 0 radical (unpaired) electrons. The van der Waals surface area contributed by atoms with Gasteiger partial charge in [-0.1, -0.05) is 12.1 Å². The summed E-state index contributed by atoms with van der Waals surface area (Å²) >= 11 is 1.37. The number of thiazole rings is 1. The van der Waals surface area contributed by atoms with Crippen LogP contribution in [0.25, 0.3) is 0 Å². The predicted molar refractivity (Wildman–Crippen MR) is 91.2 cm³/mol. The van der Waals surface area contributed by atoms with Crippen LogP contribution in [0, 0.1) is 13.8 Å². The number of nitrogens with zero attached hydrogens (tertiary/aromatic N) is 1. The fourth-order valence-corrected chi connectivity index (χ4v) is 3.17. The fourth-order valence-electron chi connectivity index (χ4n) is 2.34. The molecule has 0 spiro atoms. The number of aryl methyl sites for hydroxylation is 2. The summed E-state index contributed by atoms with van der Waals surface area (Å²) in [6, 6.07) is 5.77. The zero-order valence-corrected chi connectivity index (χ0v) is 14.0. The molecule has 8 heteroatoms. The average molecular weight is 344 g/mol. The van der Waals surface area contributed by atoms with Gasteiger partial charge < -0.3 is 16.0 Å².